The minimum absolute atomic E-state index is 0.00160. The molecular formula is C67H129NO5. The fourth-order valence-corrected chi connectivity index (χ4v) is 10.4. The summed E-state index contributed by atoms with van der Waals surface area (Å²) in [5.74, 6) is -0.0299. The van der Waals surface area contributed by atoms with Crippen LogP contribution in [0.25, 0.3) is 0 Å². The largest absolute Gasteiger partial charge is 0.466 e. The smallest absolute Gasteiger partial charge is 0.305 e. The quantitative estimate of drug-likeness (QED) is 0.0320. The van der Waals surface area contributed by atoms with Crippen LogP contribution >= 0.6 is 0 Å². The molecule has 0 aliphatic carbocycles. The van der Waals surface area contributed by atoms with E-state index in [4.69, 9.17) is 4.74 Å². The SMILES string of the molecule is CCCCCC/C=C\C/C=C\CCCCCCCC(=O)OCCCCCCCCCCCCCCCCCCCCCCCCCC(=O)NC(CO)C(O)CCCCCCCCCCCCCCCCCCC. The summed E-state index contributed by atoms with van der Waals surface area (Å²) in [6.07, 6.45) is 77.7. The summed E-state index contributed by atoms with van der Waals surface area (Å²) in [6.45, 7) is 4.96. The molecule has 0 radical (unpaired) electrons. The van der Waals surface area contributed by atoms with Gasteiger partial charge in [-0.15, -0.1) is 0 Å². The van der Waals surface area contributed by atoms with Crippen LogP contribution in [0.2, 0.25) is 0 Å². The lowest BCUT2D eigenvalue weighted by atomic mass is 10.0. The van der Waals surface area contributed by atoms with Crippen molar-refractivity contribution >= 4 is 11.9 Å². The van der Waals surface area contributed by atoms with Gasteiger partial charge in [-0.05, 0) is 57.8 Å². The average molecular weight is 1030 g/mol. The number of unbranched alkanes of at least 4 members (excludes halogenated alkanes) is 47. The van der Waals surface area contributed by atoms with Gasteiger partial charge in [-0.2, -0.15) is 0 Å². The number of ether oxygens (including phenoxy) is 1. The second-order valence-corrected chi connectivity index (χ2v) is 22.8. The molecule has 2 atom stereocenters. The zero-order valence-electron chi connectivity index (χ0n) is 49.4. The van der Waals surface area contributed by atoms with Gasteiger partial charge in [0.15, 0.2) is 0 Å². The van der Waals surface area contributed by atoms with Gasteiger partial charge in [0.2, 0.25) is 5.91 Å². The Morgan fingerprint density at radius 3 is 1.05 bits per heavy atom. The van der Waals surface area contributed by atoms with E-state index in [0.29, 0.717) is 25.9 Å². The van der Waals surface area contributed by atoms with E-state index in [9.17, 15) is 19.8 Å². The molecule has 0 aliphatic rings. The number of carbonyl (C=O) groups excluding carboxylic acids is 2. The molecule has 73 heavy (non-hydrogen) atoms. The van der Waals surface area contributed by atoms with E-state index in [1.165, 1.54) is 283 Å². The Morgan fingerprint density at radius 2 is 0.685 bits per heavy atom. The van der Waals surface area contributed by atoms with Gasteiger partial charge in [0.05, 0.1) is 25.4 Å². The Balaban J connectivity index is 3.37. The maximum atomic E-state index is 12.5. The third-order valence-electron chi connectivity index (χ3n) is 15.5. The molecule has 0 aromatic rings. The molecule has 0 saturated carbocycles. The highest BCUT2D eigenvalue weighted by Gasteiger charge is 2.20. The Hall–Kier alpha value is -1.66. The number of esters is 1. The Morgan fingerprint density at radius 1 is 0.384 bits per heavy atom. The zero-order valence-corrected chi connectivity index (χ0v) is 49.4. The predicted molar refractivity (Wildman–Crippen MR) is 320 cm³/mol. The van der Waals surface area contributed by atoms with Crippen LogP contribution in [0.1, 0.15) is 367 Å². The second-order valence-electron chi connectivity index (χ2n) is 22.8. The Bertz CT molecular complexity index is 1140. The number of hydrogen-bond acceptors (Lipinski definition) is 5. The molecule has 0 rings (SSSR count). The van der Waals surface area contributed by atoms with Crippen LogP contribution in [0.4, 0.5) is 0 Å². The van der Waals surface area contributed by atoms with Crippen LogP contribution in [0.3, 0.4) is 0 Å². The lowest BCUT2D eigenvalue weighted by Gasteiger charge is -2.22. The van der Waals surface area contributed by atoms with Gasteiger partial charge in [0.1, 0.15) is 0 Å². The van der Waals surface area contributed by atoms with Crippen molar-refractivity contribution in [3.63, 3.8) is 0 Å². The minimum Gasteiger partial charge on any atom is -0.466 e. The first kappa shape index (κ1) is 71.3. The molecule has 0 saturated heterocycles. The lowest BCUT2D eigenvalue weighted by molar-refractivity contribution is -0.143. The molecule has 1 amide bonds. The van der Waals surface area contributed by atoms with Crippen molar-refractivity contribution < 1.29 is 24.5 Å². The summed E-state index contributed by atoms with van der Waals surface area (Å²) >= 11 is 0. The van der Waals surface area contributed by atoms with Gasteiger partial charge in [0.25, 0.3) is 0 Å². The van der Waals surface area contributed by atoms with Gasteiger partial charge in [0, 0.05) is 12.8 Å². The Labute approximate surface area is 456 Å². The number of nitrogens with one attached hydrogen (secondary N) is 1. The lowest BCUT2D eigenvalue weighted by Crippen LogP contribution is -2.45. The first-order valence-corrected chi connectivity index (χ1v) is 33.1. The summed E-state index contributed by atoms with van der Waals surface area (Å²) in [6, 6.07) is -0.541. The Kier molecular flexibility index (Phi) is 61.4. The summed E-state index contributed by atoms with van der Waals surface area (Å²) < 4.78 is 5.49. The van der Waals surface area contributed by atoms with Crippen molar-refractivity contribution in [3.05, 3.63) is 24.3 Å². The molecule has 6 heteroatoms. The molecule has 0 bridgehead atoms. The molecule has 2 unspecified atom stereocenters. The normalized spacial score (nSPS) is 12.7. The zero-order chi connectivity index (χ0) is 52.9. The average Bonchev–Trinajstić information content (AvgIpc) is 3.39. The standard InChI is InChI=1S/C67H129NO5/c1-3-5-7-9-11-13-15-17-19-28-31-35-39-43-47-51-55-59-65(70)64(63-69)68-66(71)60-56-52-48-44-40-36-32-29-26-24-22-21-23-25-27-30-34-38-42-46-50-54-58-62-73-67(72)61-57-53-49-45-41-37-33-20-18-16-14-12-10-8-6-4-2/h14,16,20,33,64-65,69-70H,3-13,15,17-19,21-32,34-63H2,1-2H3,(H,68,71)/b16-14-,33-20-. The predicted octanol–water partition coefficient (Wildman–Crippen LogP) is 21.0. The van der Waals surface area contributed by atoms with Crippen LogP contribution < -0.4 is 5.32 Å². The van der Waals surface area contributed by atoms with Crippen LogP contribution in [-0.2, 0) is 14.3 Å². The minimum atomic E-state index is -0.664. The first-order chi connectivity index (χ1) is 36.0. The maximum absolute atomic E-state index is 12.5. The number of amides is 1. The molecule has 6 nitrogen and oxygen atoms in total. The third kappa shape index (κ3) is 59.4. The fraction of sp³-hybridized carbons (Fsp3) is 0.910. The van der Waals surface area contributed by atoms with Crippen molar-refractivity contribution in [2.45, 2.75) is 379 Å². The van der Waals surface area contributed by atoms with Gasteiger partial charge in [-0.25, -0.2) is 0 Å². The van der Waals surface area contributed by atoms with E-state index >= 15 is 0 Å². The van der Waals surface area contributed by atoms with Gasteiger partial charge < -0.3 is 20.3 Å². The highest BCUT2D eigenvalue weighted by Crippen LogP contribution is 2.18. The van der Waals surface area contributed by atoms with E-state index in [1.807, 2.05) is 0 Å². The van der Waals surface area contributed by atoms with Gasteiger partial charge >= 0.3 is 5.97 Å². The topological polar surface area (TPSA) is 95.9 Å². The number of aliphatic hydroxyl groups excluding tert-OH is 2. The number of rotatable bonds is 62. The van der Waals surface area contributed by atoms with Crippen LogP contribution in [-0.4, -0.2) is 47.4 Å². The van der Waals surface area contributed by atoms with Crippen molar-refractivity contribution in [2.75, 3.05) is 13.2 Å². The van der Waals surface area contributed by atoms with Crippen molar-refractivity contribution in [3.8, 4) is 0 Å². The number of carbonyl (C=O) groups is 2. The molecule has 0 aromatic heterocycles. The van der Waals surface area contributed by atoms with E-state index in [-0.39, 0.29) is 18.5 Å². The molecule has 432 valence electrons. The van der Waals surface area contributed by atoms with E-state index in [2.05, 4.69) is 43.5 Å². The molecule has 0 spiro atoms. The van der Waals surface area contributed by atoms with Crippen LogP contribution in [0.15, 0.2) is 24.3 Å². The molecule has 3 N–H and O–H groups in total. The number of hydrogen-bond donors (Lipinski definition) is 3. The third-order valence-corrected chi connectivity index (χ3v) is 15.5. The van der Waals surface area contributed by atoms with Crippen molar-refractivity contribution in [1.29, 1.82) is 0 Å². The summed E-state index contributed by atoms with van der Waals surface area (Å²) in [5, 5.41) is 23.4. The highest BCUT2D eigenvalue weighted by molar-refractivity contribution is 5.76. The number of allylic oxidation sites excluding steroid dienone is 4. The molecule has 0 aromatic carbocycles. The first-order valence-electron chi connectivity index (χ1n) is 33.1. The van der Waals surface area contributed by atoms with E-state index < -0.39 is 12.1 Å². The molecule has 0 aliphatic heterocycles. The number of aliphatic hydroxyl groups is 2. The highest BCUT2D eigenvalue weighted by atomic mass is 16.5. The van der Waals surface area contributed by atoms with Crippen LogP contribution in [0, 0.1) is 0 Å². The molecule has 0 heterocycles. The van der Waals surface area contributed by atoms with Gasteiger partial charge in [-0.1, -0.05) is 321 Å². The van der Waals surface area contributed by atoms with E-state index in [1.54, 1.807) is 0 Å². The van der Waals surface area contributed by atoms with Crippen LogP contribution in [0.5, 0.6) is 0 Å². The van der Waals surface area contributed by atoms with E-state index in [0.717, 1.165) is 51.4 Å². The second kappa shape index (κ2) is 62.9. The molecular weight excluding hydrogens is 899 g/mol. The molecule has 0 fully saturated rings. The fourth-order valence-electron chi connectivity index (χ4n) is 10.4. The summed E-state index contributed by atoms with van der Waals surface area (Å²) in [5.41, 5.74) is 0. The van der Waals surface area contributed by atoms with Crippen molar-refractivity contribution in [2.24, 2.45) is 0 Å². The maximum Gasteiger partial charge on any atom is 0.305 e. The van der Waals surface area contributed by atoms with Crippen molar-refractivity contribution in [1.82, 2.24) is 5.32 Å². The monoisotopic (exact) mass is 1030 g/mol. The van der Waals surface area contributed by atoms with Gasteiger partial charge in [-0.3, -0.25) is 9.59 Å². The summed E-state index contributed by atoms with van der Waals surface area (Å²) in [4.78, 5) is 24.6. The summed E-state index contributed by atoms with van der Waals surface area (Å²) in [7, 11) is 0.